The number of rotatable bonds is 46. The lowest BCUT2D eigenvalue weighted by atomic mass is 9.79. The number of ketones is 1. The average Bonchev–Trinajstić information content (AvgIpc) is 0.747. The highest BCUT2D eigenvalue weighted by Crippen LogP contribution is 2.42. The number of carbonyl (C=O) groups is 14. The van der Waals surface area contributed by atoms with Crippen LogP contribution in [0.15, 0.2) is 182 Å². The highest BCUT2D eigenvalue weighted by atomic mass is 16.6. The van der Waals surface area contributed by atoms with Crippen molar-refractivity contribution in [3.05, 3.63) is 215 Å². The Balaban J connectivity index is 1.19. The lowest BCUT2D eigenvalue weighted by molar-refractivity contribution is -0.157. The van der Waals surface area contributed by atoms with Crippen LogP contribution < -0.4 is 26.6 Å². The number of nitrogens with one attached hydrogen (secondary N) is 5. The number of esters is 1. The number of carboxylic acids is 1. The minimum atomic E-state index is -1.77. The van der Waals surface area contributed by atoms with Gasteiger partial charge in [0.25, 0.3) is 0 Å². The number of aliphatic carboxylic acids is 1. The third-order valence-electron chi connectivity index (χ3n) is 23.6. The van der Waals surface area contributed by atoms with Gasteiger partial charge in [-0.2, -0.15) is 0 Å². The molecule has 12 atom stereocenters. The van der Waals surface area contributed by atoms with E-state index >= 15 is 38.4 Å². The summed E-state index contributed by atoms with van der Waals surface area (Å²) in [6.07, 6.45) is -0.602. The summed E-state index contributed by atoms with van der Waals surface area (Å²) < 4.78 is 13.0. The van der Waals surface area contributed by atoms with Crippen LogP contribution in [-0.4, -0.2) is 238 Å². The predicted octanol–water partition coefficient (Wildman–Crippen LogP) is 10.2. The number of amides is 11. The van der Waals surface area contributed by atoms with E-state index in [0.29, 0.717) is 46.5 Å². The Bertz CT molecular complexity index is 4620. The Morgan fingerprint density at radius 3 is 1.29 bits per heavy atom. The largest absolute Gasteiger partial charge is 0.481 e. The van der Waals surface area contributed by atoms with Gasteiger partial charge in [0.15, 0.2) is 5.78 Å². The third-order valence-corrected chi connectivity index (χ3v) is 23.6. The van der Waals surface area contributed by atoms with Gasteiger partial charge < -0.3 is 70.6 Å². The monoisotopic (exact) mass is 1780 g/mol. The normalized spacial score (nSPS) is 15.1. The Labute approximate surface area is 761 Å². The van der Waals surface area contributed by atoms with Crippen molar-refractivity contribution in [3.63, 3.8) is 0 Å². The van der Waals surface area contributed by atoms with Crippen LogP contribution in [0.1, 0.15) is 182 Å². The zero-order valence-corrected chi connectivity index (χ0v) is 78.6. The molecule has 0 saturated carbocycles. The minimum absolute atomic E-state index is 0.0501. The molecular formula is C101H137N11O17. The standard InChI is InChI=1S/C101H137N11O17/c1-64(2)55-79(109(17)98(126)87(66(5)6)105-90(118)68(9)57-86(117)129-100(12,13)14)94(122)106-88(70(11)128-101(75-47-33-23-34-48-75,76-49-35-24-36-50-76)77-51-37-25-38-52-77)99(127)110(18)80(59-72-43-29-21-30-44-72)92(120)102-63-84(114)107(15)82(56-65(3)4)97(125)111(19)89(67(7)8)83(113)61-74(58-71-41-27-20-28-42-71)91(119)104-78(62-85(115)116)96(124)108(16)81(60-73-45-31-22-32-46-73)93(121)103-69(10)95(123)112-53-39-26-40-54-112/h20-25,27-38,41-52,64-70,74,78-82,87-89H,26,39-40,53-63H2,1-19H3,(H,102,120)(H,103,121)(H,104,119)(H,105,118)(H,106,122)(H,115,116)/t68-,69+,70-,74-,78+,79+,80+,81+,82+,87+,88+,89+/m1/s1. The van der Waals surface area contributed by atoms with E-state index in [4.69, 9.17) is 9.47 Å². The maximum absolute atomic E-state index is 16.4. The maximum atomic E-state index is 16.4. The number of nitrogens with zero attached hydrogens (tertiary/aromatic N) is 6. The van der Waals surface area contributed by atoms with E-state index in [9.17, 15) is 33.9 Å². The van der Waals surface area contributed by atoms with E-state index in [1.54, 1.807) is 165 Å². The van der Waals surface area contributed by atoms with Crippen molar-refractivity contribution in [2.45, 2.75) is 239 Å². The highest BCUT2D eigenvalue weighted by Gasteiger charge is 2.47. The number of likely N-dealkylation sites (tertiary alicyclic amines) is 1. The molecule has 6 aromatic carbocycles. The zero-order valence-electron chi connectivity index (χ0n) is 78.6. The summed E-state index contributed by atoms with van der Waals surface area (Å²) >= 11 is 0. The molecule has 6 N–H and O–H groups in total. The number of hydrogen-bond donors (Lipinski definition) is 6. The van der Waals surface area contributed by atoms with Crippen LogP contribution in [-0.2, 0) is 101 Å². The van der Waals surface area contributed by atoms with Gasteiger partial charge in [0.1, 0.15) is 59.5 Å². The Morgan fingerprint density at radius 2 is 0.837 bits per heavy atom. The summed E-state index contributed by atoms with van der Waals surface area (Å²) in [4.78, 5) is 214. The Morgan fingerprint density at radius 1 is 0.419 bits per heavy atom. The summed E-state index contributed by atoms with van der Waals surface area (Å²) in [6, 6.07) is 42.2. The first kappa shape index (κ1) is 104. The predicted molar refractivity (Wildman–Crippen MR) is 493 cm³/mol. The highest BCUT2D eigenvalue weighted by molar-refractivity contribution is 6.00. The van der Waals surface area contributed by atoms with Crippen LogP contribution in [0.4, 0.5) is 0 Å². The molecule has 0 spiro atoms. The number of carboxylic acid groups (broad SMARTS) is 1. The van der Waals surface area contributed by atoms with Gasteiger partial charge in [-0.05, 0) is 130 Å². The summed E-state index contributed by atoms with van der Waals surface area (Å²) in [5, 5.41) is 24.5. The third kappa shape index (κ3) is 29.8. The van der Waals surface area contributed by atoms with Crippen molar-refractivity contribution in [2.24, 2.45) is 35.5 Å². The molecular weight excluding hydrogens is 1640 g/mol. The number of piperidine rings is 1. The molecule has 6 aromatic rings. The van der Waals surface area contributed by atoms with Crippen LogP contribution >= 0.6 is 0 Å². The molecule has 1 fully saturated rings. The lowest BCUT2D eigenvalue weighted by Crippen LogP contribution is -2.62. The second-order valence-electron chi connectivity index (χ2n) is 36.8. The fourth-order valence-electron chi connectivity index (χ4n) is 16.6. The summed E-state index contributed by atoms with van der Waals surface area (Å²) in [7, 11) is 6.99. The number of carbonyl (C=O) groups excluding carboxylic acids is 13. The molecule has 129 heavy (non-hydrogen) atoms. The van der Waals surface area contributed by atoms with Gasteiger partial charge in [0, 0.05) is 79.4 Å². The molecule has 7 rings (SSSR count). The molecule has 0 radical (unpaired) electrons. The van der Waals surface area contributed by atoms with Crippen LogP contribution in [0.3, 0.4) is 0 Å². The van der Waals surface area contributed by atoms with Crippen molar-refractivity contribution in [2.75, 3.05) is 54.9 Å². The molecule has 0 aromatic heterocycles. The summed E-state index contributed by atoms with van der Waals surface area (Å²) in [5.74, 6) is -14.3. The maximum Gasteiger partial charge on any atom is 0.307 e. The number of ether oxygens (including phenoxy) is 2. The number of hydrogen-bond acceptors (Lipinski definition) is 16. The summed E-state index contributed by atoms with van der Waals surface area (Å²) in [6.45, 7) is 24.5. The summed E-state index contributed by atoms with van der Waals surface area (Å²) in [5.41, 5.74) is 1.49. The van der Waals surface area contributed by atoms with E-state index in [-0.39, 0.29) is 56.3 Å². The van der Waals surface area contributed by atoms with Gasteiger partial charge in [-0.15, -0.1) is 0 Å². The molecule has 0 unspecified atom stereocenters. The van der Waals surface area contributed by atoms with Gasteiger partial charge >= 0.3 is 11.9 Å². The molecule has 1 aliphatic rings. The van der Waals surface area contributed by atoms with Crippen LogP contribution in [0.25, 0.3) is 0 Å². The molecule has 11 amide bonds. The second kappa shape index (κ2) is 49.0. The molecule has 28 nitrogen and oxygen atoms in total. The topological polar surface area (TPSA) is 357 Å². The quantitative estimate of drug-likeness (QED) is 0.0153. The van der Waals surface area contributed by atoms with E-state index in [1.807, 2.05) is 119 Å². The fraction of sp³-hybridized carbons (Fsp3) is 0.505. The minimum Gasteiger partial charge on any atom is -0.481 e. The number of likely N-dealkylation sites (N-methyl/N-ethyl adjacent to an activating group) is 5. The number of Topliss-reactive ketones (excluding diaryl/α,β-unsaturated/α-hetero) is 1. The first-order valence-corrected chi connectivity index (χ1v) is 45.0. The van der Waals surface area contributed by atoms with Crippen molar-refractivity contribution < 1.29 is 81.7 Å². The zero-order chi connectivity index (χ0) is 95.3. The molecule has 0 bridgehead atoms. The molecule has 1 heterocycles. The van der Waals surface area contributed by atoms with Gasteiger partial charge in [0.2, 0.25) is 65.0 Å². The van der Waals surface area contributed by atoms with Gasteiger partial charge in [-0.3, -0.25) is 67.1 Å². The van der Waals surface area contributed by atoms with E-state index in [2.05, 4.69) is 26.6 Å². The van der Waals surface area contributed by atoms with Gasteiger partial charge in [-0.25, -0.2) is 0 Å². The molecule has 1 aliphatic heterocycles. The van der Waals surface area contributed by atoms with Crippen LogP contribution in [0.2, 0.25) is 0 Å². The van der Waals surface area contributed by atoms with Crippen molar-refractivity contribution in [1.82, 2.24) is 56.0 Å². The van der Waals surface area contributed by atoms with Crippen LogP contribution in [0, 0.1) is 35.5 Å². The van der Waals surface area contributed by atoms with E-state index < -0.39 is 192 Å². The molecule has 1 saturated heterocycles. The average molecular weight is 1780 g/mol. The Kier molecular flexibility index (Phi) is 39.6. The Hall–Kier alpha value is -11.9. The van der Waals surface area contributed by atoms with E-state index in [1.165, 1.54) is 54.8 Å². The van der Waals surface area contributed by atoms with E-state index in [0.717, 1.165) is 24.2 Å². The van der Waals surface area contributed by atoms with Gasteiger partial charge in [-0.1, -0.05) is 244 Å². The first-order chi connectivity index (χ1) is 61.0. The van der Waals surface area contributed by atoms with Crippen molar-refractivity contribution in [1.29, 1.82) is 0 Å². The van der Waals surface area contributed by atoms with Gasteiger partial charge in [0.05, 0.1) is 31.5 Å². The molecule has 28 heteroatoms. The number of benzene rings is 6. The molecule has 698 valence electrons. The van der Waals surface area contributed by atoms with Crippen molar-refractivity contribution in [3.8, 4) is 0 Å². The van der Waals surface area contributed by atoms with Crippen molar-refractivity contribution >= 4 is 82.7 Å². The van der Waals surface area contributed by atoms with Crippen LogP contribution in [0.5, 0.6) is 0 Å². The fourth-order valence-corrected chi connectivity index (χ4v) is 16.6. The SMILES string of the molecule is CC(C)C[C@@H](C(=O)N(C)[C@H](C(=O)C[C@@H](Cc1ccccc1)C(=O)N[C@@H](CC(=O)O)C(=O)N(C)[C@@H](Cc1ccccc1)C(=O)N[C@@H](C)C(=O)N1CCCCC1)C(C)C)N(C)C(=O)CNC(=O)[C@H](Cc1ccccc1)N(C)C(=O)[C@@H](NC(=O)[C@H](CC(C)C)N(C)C(=O)[C@@H](NC(=O)[C@H](C)CC(=O)OC(C)(C)C)C(C)C)[C@@H](C)OC(c1ccccc1)(c1ccccc1)c1ccccc1. The first-order valence-electron chi connectivity index (χ1n) is 45.0. The lowest BCUT2D eigenvalue weighted by Gasteiger charge is -2.41. The molecule has 0 aliphatic carbocycles. The second-order valence-corrected chi connectivity index (χ2v) is 36.8. The smallest absolute Gasteiger partial charge is 0.307 e.